The van der Waals surface area contributed by atoms with Crippen molar-refractivity contribution in [3.8, 4) is 0 Å². The zero-order valence-corrected chi connectivity index (χ0v) is 18.9. The van der Waals surface area contributed by atoms with Crippen LogP contribution in [0, 0.1) is 0 Å². The molecule has 3 aromatic carbocycles. The third-order valence-corrected chi connectivity index (χ3v) is 5.75. The van der Waals surface area contributed by atoms with E-state index in [1.807, 2.05) is 72.8 Å². The van der Waals surface area contributed by atoms with Gasteiger partial charge in [-0.05, 0) is 35.7 Å². The average Bonchev–Trinajstić information content (AvgIpc) is 2.88. The summed E-state index contributed by atoms with van der Waals surface area (Å²) in [6.45, 7) is 1.29. The number of benzene rings is 3. The van der Waals surface area contributed by atoms with Gasteiger partial charge in [-0.25, -0.2) is 9.59 Å². The van der Waals surface area contributed by atoms with E-state index in [-0.39, 0.29) is 18.5 Å². The van der Waals surface area contributed by atoms with Crippen molar-refractivity contribution >= 4 is 23.6 Å². The van der Waals surface area contributed by atoms with Crippen molar-refractivity contribution in [3.63, 3.8) is 0 Å². The van der Waals surface area contributed by atoms with Gasteiger partial charge in [0.25, 0.3) is 5.91 Å². The van der Waals surface area contributed by atoms with Crippen molar-refractivity contribution in [2.45, 2.75) is 6.42 Å². The highest BCUT2D eigenvalue weighted by molar-refractivity contribution is 5.93. The fraction of sp³-hybridized carbons (Fsp3) is 0.222. The lowest BCUT2D eigenvalue weighted by Crippen LogP contribution is -2.52. The molecule has 1 aliphatic heterocycles. The Labute approximate surface area is 198 Å². The molecule has 0 atom stereocenters. The van der Waals surface area contributed by atoms with Crippen molar-refractivity contribution in [2.75, 3.05) is 38.1 Å². The molecule has 34 heavy (non-hydrogen) atoms. The van der Waals surface area contributed by atoms with Gasteiger partial charge in [-0.15, -0.1) is 0 Å². The summed E-state index contributed by atoms with van der Waals surface area (Å²) < 4.78 is 5.35. The largest absolute Gasteiger partial charge is 0.452 e. The minimum absolute atomic E-state index is 0.195. The highest BCUT2D eigenvalue weighted by atomic mass is 16.5. The molecule has 7 heteroatoms. The van der Waals surface area contributed by atoms with Crippen LogP contribution in [0.5, 0.6) is 0 Å². The van der Waals surface area contributed by atoms with E-state index in [9.17, 15) is 14.4 Å². The monoisotopic (exact) mass is 457 g/mol. The summed E-state index contributed by atoms with van der Waals surface area (Å²) in [4.78, 5) is 41.0. The lowest BCUT2D eigenvalue weighted by molar-refractivity contribution is -0.135. The van der Waals surface area contributed by atoms with E-state index in [1.54, 1.807) is 21.9 Å². The third kappa shape index (κ3) is 6.01. The lowest BCUT2D eigenvalue weighted by atomic mass is 10.00. The molecule has 1 heterocycles. The molecule has 7 nitrogen and oxygen atoms in total. The molecule has 3 aromatic rings. The summed E-state index contributed by atoms with van der Waals surface area (Å²) in [6, 6.07) is 26.2. The Morgan fingerprint density at radius 1 is 0.735 bits per heavy atom. The minimum Gasteiger partial charge on any atom is -0.452 e. The van der Waals surface area contributed by atoms with Crippen LogP contribution in [-0.4, -0.2) is 60.5 Å². The van der Waals surface area contributed by atoms with E-state index in [0.717, 1.165) is 16.8 Å². The van der Waals surface area contributed by atoms with Crippen LogP contribution < -0.4 is 5.32 Å². The number of rotatable bonds is 6. The molecular formula is C27H27N3O4. The number of anilines is 1. The molecule has 0 unspecified atom stereocenters. The van der Waals surface area contributed by atoms with Crippen LogP contribution in [0.1, 0.15) is 21.5 Å². The van der Waals surface area contributed by atoms with Crippen molar-refractivity contribution < 1.29 is 19.1 Å². The number of hydrogen-bond acceptors (Lipinski definition) is 4. The molecule has 174 valence electrons. The summed E-state index contributed by atoms with van der Waals surface area (Å²) in [7, 11) is 0. The molecule has 1 aliphatic rings. The minimum atomic E-state index is -0.513. The number of piperazine rings is 1. The number of carbonyl (C=O) groups excluding carboxylic acids is 3. The Balaban J connectivity index is 1.26. The van der Waals surface area contributed by atoms with Gasteiger partial charge in [0.15, 0.2) is 6.61 Å². The molecule has 0 aromatic heterocycles. The average molecular weight is 458 g/mol. The number of amides is 3. The second-order valence-electron chi connectivity index (χ2n) is 8.06. The zero-order valence-electron chi connectivity index (χ0n) is 18.9. The predicted octanol–water partition coefficient (Wildman–Crippen LogP) is 3.81. The Morgan fingerprint density at radius 2 is 1.32 bits per heavy atom. The first-order chi connectivity index (χ1) is 16.6. The van der Waals surface area contributed by atoms with Gasteiger partial charge in [-0.2, -0.15) is 0 Å². The molecule has 0 spiro atoms. The molecule has 0 bridgehead atoms. The third-order valence-electron chi connectivity index (χ3n) is 5.75. The molecule has 3 amide bonds. The van der Waals surface area contributed by atoms with Crippen molar-refractivity contribution in [1.82, 2.24) is 9.80 Å². The summed E-state index contributed by atoms with van der Waals surface area (Å²) >= 11 is 0. The standard InChI is InChI=1S/C27H27N3O4/c31-25(29-15-17-30(18-16-29)27(33)28-23-12-5-2-6-13-23)20-34-26(32)24-14-8-7-11-22(24)19-21-9-3-1-4-10-21/h1-14H,15-20H2,(H,28,33). The van der Waals surface area contributed by atoms with Crippen molar-refractivity contribution in [3.05, 3.63) is 102 Å². The first-order valence-electron chi connectivity index (χ1n) is 11.3. The van der Waals surface area contributed by atoms with Gasteiger partial charge < -0.3 is 19.9 Å². The van der Waals surface area contributed by atoms with Gasteiger partial charge in [0.2, 0.25) is 0 Å². The Hall–Kier alpha value is -4.13. The Kier molecular flexibility index (Phi) is 7.55. The van der Waals surface area contributed by atoms with E-state index in [0.29, 0.717) is 38.2 Å². The number of hydrogen-bond donors (Lipinski definition) is 1. The maximum absolute atomic E-state index is 12.7. The second-order valence-corrected chi connectivity index (χ2v) is 8.06. The van der Waals surface area contributed by atoms with Crippen LogP contribution >= 0.6 is 0 Å². The maximum Gasteiger partial charge on any atom is 0.338 e. The van der Waals surface area contributed by atoms with Crippen LogP contribution in [0.4, 0.5) is 10.5 Å². The number of urea groups is 1. The van der Waals surface area contributed by atoms with Crippen LogP contribution in [0.15, 0.2) is 84.9 Å². The number of esters is 1. The summed E-state index contributed by atoms with van der Waals surface area (Å²) in [6.07, 6.45) is 0.604. The van der Waals surface area contributed by atoms with Gasteiger partial charge in [0.05, 0.1) is 5.56 Å². The van der Waals surface area contributed by atoms with E-state index in [4.69, 9.17) is 4.74 Å². The number of para-hydroxylation sites is 1. The number of nitrogens with zero attached hydrogens (tertiary/aromatic N) is 2. The summed E-state index contributed by atoms with van der Waals surface area (Å²) in [5, 5.41) is 2.85. The molecule has 1 saturated heterocycles. The molecule has 1 N–H and O–H groups in total. The van der Waals surface area contributed by atoms with Crippen LogP contribution in [0.3, 0.4) is 0 Å². The maximum atomic E-state index is 12.7. The second kappa shape index (κ2) is 11.1. The zero-order chi connectivity index (χ0) is 23.8. The van der Waals surface area contributed by atoms with Gasteiger partial charge >= 0.3 is 12.0 Å². The fourth-order valence-electron chi connectivity index (χ4n) is 3.87. The molecule has 0 radical (unpaired) electrons. The quantitative estimate of drug-likeness (QED) is 0.571. The molecule has 0 aliphatic carbocycles. The van der Waals surface area contributed by atoms with Crippen LogP contribution in [0.25, 0.3) is 0 Å². The van der Waals surface area contributed by atoms with Crippen molar-refractivity contribution in [1.29, 1.82) is 0 Å². The number of carbonyl (C=O) groups is 3. The van der Waals surface area contributed by atoms with Gasteiger partial charge in [0.1, 0.15) is 0 Å². The van der Waals surface area contributed by atoms with Crippen molar-refractivity contribution in [2.24, 2.45) is 0 Å². The van der Waals surface area contributed by atoms with E-state index in [2.05, 4.69) is 5.32 Å². The van der Waals surface area contributed by atoms with Gasteiger partial charge in [0, 0.05) is 31.9 Å². The summed E-state index contributed by atoms with van der Waals surface area (Å²) in [5.74, 6) is -0.780. The van der Waals surface area contributed by atoms with E-state index < -0.39 is 5.97 Å². The lowest BCUT2D eigenvalue weighted by Gasteiger charge is -2.34. The SMILES string of the molecule is O=C(OCC(=O)N1CCN(C(=O)Nc2ccccc2)CC1)c1ccccc1Cc1ccccc1. The first-order valence-corrected chi connectivity index (χ1v) is 11.3. The summed E-state index contributed by atoms with van der Waals surface area (Å²) in [5.41, 5.74) is 3.13. The molecule has 4 rings (SSSR count). The highest BCUT2D eigenvalue weighted by Gasteiger charge is 2.25. The Morgan fingerprint density at radius 3 is 2.03 bits per heavy atom. The van der Waals surface area contributed by atoms with E-state index >= 15 is 0 Å². The molecule has 0 saturated carbocycles. The van der Waals surface area contributed by atoms with Gasteiger partial charge in [-0.1, -0.05) is 66.7 Å². The first kappa shape index (κ1) is 23.0. The topological polar surface area (TPSA) is 79.0 Å². The predicted molar refractivity (Wildman–Crippen MR) is 130 cm³/mol. The fourth-order valence-corrected chi connectivity index (χ4v) is 3.87. The number of nitrogens with one attached hydrogen (secondary N) is 1. The Bertz CT molecular complexity index is 1130. The highest BCUT2D eigenvalue weighted by Crippen LogP contribution is 2.16. The number of ether oxygens (including phenoxy) is 1. The van der Waals surface area contributed by atoms with Crippen LogP contribution in [0.2, 0.25) is 0 Å². The molecule has 1 fully saturated rings. The van der Waals surface area contributed by atoms with E-state index in [1.165, 1.54) is 0 Å². The van der Waals surface area contributed by atoms with Crippen LogP contribution in [-0.2, 0) is 16.0 Å². The van der Waals surface area contributed by atoms with Gasteiger partial charge in [-0.3, -0.25) is 4.79 Å². The smallest absolute Gasteiger partial charge is 0.338 e. The molecular weight excluding hydrogens is 430 g/mol. The normalized spacial score (nSPS) is 13.3.